The number of nitrogens with one attached hydrogen (secondary N) is 1. The van der Waals surface area contributed by atoms with Crippen LogP contribution in [-0.2, 0) is 4.79 Å². The smallest absolute Gasteiger partial charge is 0.223 e. The summed E-state index contributed by atoms with van der Waals surface area (Å²) in [6.45, 7) is 7.15. The van der Waals surface area contributed by atoms with Crippen LogP contribution in [0.15, 0.2) is 24.3 Å². The third-order valence-corrected chi connectivity index (χ3v) is 4.56. The second-order valence-corrected chi connectivity index (χ2v) is 6.37. The molecular formula is C18H28N2O. The molecule has 0 aromatic heterocycles. The zero-order valence-corrected chi connectivity index (χ0v) is 13.6. The standard InChI is InChI=1S/C18H28N2O/c1-14-7-4-5-9-17(14)15(2)11-18(21)20-10-6-8-16(13-20)12-19-3/h4-5,7,9,15-16,19H,6,8,10-13H2,1-3H3/t15-,16-/m1/s1. The summed E-state index contributed by atoms with van der Waals surface area (Å²) in [7, 11) is 1.99. The first-order valence-corrected chi connectivity index (χ1v) is 8.09. The minimum atomic E-state index is 0.295. The van der Waals surface area contributed by atoms with E-state index in [2.05, 4.69) is 48.3 Å². The Hall–Kier alpha value is -1.35. The molecule has 1 heterocycles. The van der Waals surface area contributed by atoms with Gasteiger partial charge in [-0.15, -0.1) is 0 Å². The quantitative estimate of drug-likeness (QED) is 0.903. The molecule has 1 saturated heterocycles. The van der Waals surface area contributed by atoms with E-state index in [1.165, 1.54) is 17.5 Å². The van der Waals surface area contributed by atoms with E-state index in [4.69, 9.17) is 0 Å². The van der Waals surface area contributed by atoms with Crippen molar-refractivity contribution in [2.45, 2.75) is 39.0 Å². The predicted molar refractivity (Wildman–Crippen MR) is 87.4 cm³/mol. The Morgan fingerprint density at radius 1 is 1.43 bits per heavy atom. The van der Waals surface area contributed by atoms with E-state index < -0.39 is 0 Å². The summed E-state index contributed by atoms with van der Waals surface area (Å²) >= 11 is 0. The van der Waals surface area contributed by atoms with E-state index in [1.807, 2.05) is 7.05 Å². The van der Waals surface area contributed by atoms with E-state index in [-0.39, 0.29) is 0 Å². The van der Waals surface area contributed by atoms with Gasteiger partial charge in [-0.05, 0) is 56.3 Å². The topological polar surface area (TPSA) is 32.3 Å². The van der Waals surface area contributed by atoms with Gasteiger partial charge >= 0.3 is 0 Å². The minimum Gasteiger partial charge on any atom is -0.342 e. The second kappa shape index (κ2) is 7.60. The van der Waals surface area contributed by atoms with Gasteiger partial charge in [-0.2, -0.15) is 0 Å². The van der Waals surface area contributed by atoms with E-state index in [9.17, 15) is 4.79 Å². The highest BCUT2D eigenvalue weighted by molar-refractivity contribution is 5.77. The molecule has 1 fully saturated rings. The number of benzene rings is 1. The fourth-order valence-corrected chi connectivity index (χ4v) is 3.39. The number of piperidine rings is 1. The summed E-state index contributed by atoms with van der Waals surface area (Å²) in [5, 5.41) is 3.23. The molecule has 1 aromatic carbocycles. The Morgan fingerprint density at radius 3 is 2.90 bits per heavy atom. The van der Waals surface area contributed by atoms with Crippen molar-refractivity contribution in [3.63, 3.8) is 0 Å². The summed E-state index contributed by atoms with van der Waals surface area (Å²) in [5.41, 5.74) is 2.58. The molecule has 0 saturated carbocycles. The van der Waals surface area contributed by atoms with E-state index >= 15 is 0 Å². The largest absolute Gasteiger partial charge is 0.342 e. The highest BCUT2D eigenvalue weighted by Gasteiger charge is 2.24. The van der Waals surface area contributed by atoms with Gasteiger partial charge in [0.15, 0.2) is 0 Å². The Kier molecular flexibility index (Phi) is 5.80. The summed E-state index contributed by atoms with van der Waals surface area (Å²) in [5.74, 6) is 1.22. The minimum absolute atomic E-state index is 0.295. The van der Waals surface area contributed by atoms with Crippen LogP contribution in [0.2, 0.25) is 0 Å². The molecule has 0 spiro atoms. The molecule has 1 aliphatic heterocycles. The Bertz CT molecular complexity index is 470. The van der Waals surface area contributed by atoms with Crippen LogP contribution in [-0.4, -0.2) is 37.5 Å². The Morgan fingerprint density at radius 2 is 2.19 bits per heavy atom. The Labute approximate surface area is 128 Å². The van der Waals surface area contributed by atoms with Gasteiger partial charge in [-0.1, -0.05) is 31.2 Å². The van der Waals surface area contributed by atoms with Gasteiger partial charge < -0.3 is 10.2 Å². The van der Waals surface area contributed by atoms with Gasteiger partial charge in [0.25, 0.3) is 0 Å². The van der Waals surface area contributed by atoms with Crippen LogP contribution in [0.5, 0.6) is 0 Å². The highest BCUT2D eigenvalue weighted by atomic mass is 16.2. The van der Waals surface area contributed by atoms with Crippen molar-refractivity contribution < 1.29 is 4.79 Å². The van der Waals surface area contributed by atoms with E-state index in [1.54, 1.807) is 0 Å². The van der Waals surface area contributed by atoms with Crippen molar-refractivity contribution >= 4 is 5.91 Å². The van der Waals surface area contributed by atoms with Crippen LogP contribution in [0.1, 0.15) is 43.2 Å². The molecule has 3 nitrogen and oxygen atoms in total. The molecule has 0 aliphatic carbocycles. The molecule has 0 radical (unpaired) electrons. The van der Waals surface area contributed by atoms with E-state index in [0.717, 1.165) is 26.1 Å². The van der Waals surface area contributed by atoms with Crippen molar-refractivity contribution in [3.05, 3.63) is 35.4 Å². The molecule has 1 N–H and O–H groups in total. The summed E-state index contributed by atoms with van der Waals surface area (Å²) in [6, 6.07) is 8.39. The van der Waals surface area contributed by atoms with Crippen LogP contribution < -0.4 is 5.32 Å². The molecule has 1 aliphatic rings. The molecule has 1 aromatic rings. The fraction of sp³-hybridized carbons (Fsp3) is 0.611. The first kappa shape index (κ1) is 16.0. The maximum atomic E-state index is 12.5. The predicted octanol–water partition coefficient (Wildman–Crippen LogP) is 2.95. The number of likely N-dealkylation sites (tertiary alicyclic amines) is 1. The number of aryl methyl sites for hydroxylation is 1. The second-order valence-electron chi connectivity index (χ2n) is 6.37. The lowest BCUT2D eigenvalue weighted by Crippen LogP contribution is -2.42. The maximum absolute atomic E-state index is 12.5. The average molecular weight is 288 g/mol. The SMILES string of the molecule is CNC[C@H]1CCCN(C(=O)C[C@@H](C)c2ccccc2C)C1. The third kappa shape index (κ3) is 4.31. The molecule has 0 bridgehead atoms. The molecule has 1 amide bonds. The lowest BCUT2D eigenvalue weighted by Gasteiger charge is -2.33. The molecule has 2 rings (SSSR count). The number of carbonyl (C=O) groups excluding carboxylic acids is 1. The van der Waals surface area contributed by atoms with Crippen molar-refractivity contribution in [1.82, 2.24) is 10.2 Å². The van der Waals surface area contributed by atoms with Gasteiger partial charge in [0, 0.05) is 19.5 Å². The molecule has 3 heteroatoms. The van der Waals surface area contributed by atoms with Gasteiger partial charge in [0.1, 0.15) is 0 Å². The Balaban J connectivity index is 1.93. The average Bonchev–Trinajstić information content (AvgIpc) is 2.48. The number of hydrogen-bond donors (Lipinski definition) is 1. The number of carbonyl (C=O) groups is 1. The monoisotopic (exact) mass is 288 g/mol. The lowest BCUT2D eigenvalue weighted by atomic mass is 9.92. The normalized spacial score (nSPS) is 20.3. The fourth-order valence-electron chi connectivity index (χ4n) is 3.39. The number of hydrogen-bond acceptors (Lipinski definition) is 2. The van der Waals surface area contributed by atoms with Crippen LogP contribution in [0.4, 0.5) is 0 Å². The summed E-state index contributed by atoms with van der Waals surface area (Å²) < 4.78 is 0. The first-order valence-electron chi connectivity index (χ1n) is 8.09. The zero-order valence-electron chi connectivity index (χ0n) is 13.6. The number of nitrogens with zero attached hydrogens (tertiary/aromatic N) is 1. The zero-order chi connectivity index (χ0) is 15.2. The molecule has 2 atom stereocenters. The van der Waals surface area contributed by atoms with Crippen LogP contribution in [0.3, 0.4) is 0 Å². The first-order chi connectivity index (χ1) is 10.1. The lowest BCUT2D eigenvalue weighted by molar-refractivity contribution is -0.133. The van der Waals surface area contributed by atoms with Gasteiger partial charge in [-0.25, -0.2) is 0 Å². The van der Waals surface area contributed by atoms with Crippen LogP contribution in [0, 0.1) is 12.8 Å². The van der Waals surface area contributed by atoms with Gasteiger partial charge in [0.2, 0.25) is 5.91 Å². The van der Waals surface area contributed by atoms with Crippen molar-refractivity contribution in [2.75, 3.05) is 26.7 Å². The molecule has 0 unspecified atom stereocenters. The van der Waals surface area contributed by atoms with E-state index in [0.29, 0.717) is 24.2 Å². The number of amides is 1. The van der Waals surface area contributed by atoms with Crippen LogP contribution >= 0.6 is 0 Å². The molecule has 116 valence electrons. The molecular weight excluding hydrogens is 260 g/mol. The number of rotatable bonds is 5. The maximum Gasteiger partial charge on any atom is 0.223 e. The third-order valence-electron chi connectivity index (χ3n) is 4.56. The van der Waals surface area contributed by atoms with Crippen molar-refractivity contribution in [1.29, 1.82) is 0 Å². The summed E-state index contributed by atoms with van der Waals surface area (Å²) in [6.07, 6.45) is 2.99. The van der Waals surface area contributed by atoms with Crippen molar-refractivity contribution in [2.24, 2.45) is 5.92 Å². The highest BCUT2D eigenvalue weighted by Crippen LogP contribution is 2.24. The summed E-state index contributed by atoms with van der Waals surface area (Å²) in [4.78, 5) is 14.6. The van der Waals surface area contributed by atoms with Gasteiger partial charge in [-0.3, -0.25) is 4.79 Å². The van der Waals surface area contributed by atoms with Crippen molar-refractivity contribution in [3.8, 4) is 0 Å². The molecule has 21 heavy (non-hydrogen) atoms. The van der Waals surface area contributed by atoms with Gasteiger partial charge in [0.05, 0.1) is 0 Å². The van der Waals surface area contributed by atoms with Crippen LogP contribution in [0.25, 0.3) is 0 Å².